The van der Waals surface area contributed by atoms with Crippen molar-refractivity contribution in [3.05, 3.63) is 83.7 Å². The van der Waals surface area contributed by atoms with E-state index >= 15 is 0 Å². The van der Waals surface area contributed by atoms with Crippen molar-refractivity contribution in [2.45, 2.75) is 12.8 Å². The topological polar surface area (TPSA) is 54.2 Å². The number of aliphatic imine (C=N–C) groups is 1. The van der Waals surface area contributed by atoms with Crippen molar-refractivity contribution in [3.8, 4) is 5.69 Å². The highest BCUT2D eigenvalue weighted by atomic mass is 19.1. The van der Waals surface area contributed by atoms with Gasteiger partial charge in [0.05, 0.1) is 5.69 Å². The summed E-state index contributed by atoms with van der Waals surface area (Å²) in [5.41, 5.74) is 2.70. The summed E-state index contributed by atoms with van der Waals surface area (Å²) in [7, 11) is 1.69. The zero-order chi connectivity index (χ0) is 19.8. The molecule has 0 amide bonds. The average Bonchev–Trinajstić information content (AvgIpc) is 3.23. The molecule has 0 fully saturated rings. The summed E-state index contributed by atoms with van der Waals surface area (Å²) >= 11 is 0. The molecule has 2 N–H and O–H groups in total. The highest BCUT2D eigenvalue weighted by Crippen LogP contribution is 2.10. The molecule has 0 aliphatic rings. The van der Waals surface area contributed by atoms with E-state index in [9.17, 15) is 8.78 Å². The maximum Gasteiger partial charge on any atom is 0.190 e. The number of benzene rings is 2. The zero-order valence-electron chi connectivity index (χ0n) is 15.7. The smallest absolute Gasteiger partial charge is 0.190 e. The Morgan fingerprint density at radius 1 is 1.04 bits per heavy atom. The Hall–Kier alpha value is -3.22. The molecule has 0 saturated heterocycles. The molecule has 0 atom stereocenters. The first-order chi connectivity index (χ1) is 13.7. The Labute approximate surface area is 163 Å². The van der Waals surface area contributed by atoms with Crippen LogP contribution >= 0.6 is 0 Å². The summed E-state index contributed by atoms with van der Waals surface area (Å²) in [5, 5.41) is 10.6. The van der Waals surface area contributed by atoms with Crippen molar-refractivity contribution < 1.29 is 8.78 Å². The Bertz CT molecular complexity index is 905. The molecule has 0 saturated carbocycles. The molecule has 0 unspecified atom stereocenters. The first kappa shape index (κ1) is 19.5. The minimum atomic E-state index is -0.565. The van der Waals surface area contributed by atoms with Gasteiger partial charge >= 0.3 is 0 Å². The van der Waals surface area contributed by atoms with Crippen LogP contribution in [0.1, 0.15) is 11.1 Å². The van der Waals surface area contributed by atoms with Gasteiger partial charge in [0.2, 0.25) is 0 Å². The summed E-state index contributed by atoms with van der Waals surface area (Å²) in [6.07, 6.45) is 4.94. The molecule has 0 aliphatic carbocycles. The van der Waals surface area contributed by atoms with Gasteiger partial charge in [0.1, 0.15) is 11.6 Å². The monoisotopic (exact) mass is 383 g/mol. The van der Waals surface area contributed by atoms with E-state index in [2.05, 4.69) is 32.9 Å². The van der Waals surface area contributed by atoms with Crippen molar-refractivity contribution >= 4 is 5.96 Å². The SMILES string of the molecule is CN=C(NCCc1ccc(-n2cccn2)cc1)NCCc1ccc(F)cc1F. The number of nitrogens with one attached hydrogen (secondary N) is 2. The van der Waals surface area contributed by atoms with Crippen LogP contribution in [0.15, 0.2) is 65.9 Å². The third kappa shape index (κ3) is 5.39. The number of hydrogen-bond donors (Lipinski definition) is 2. The van der Waals surface area contributed by atoms with Crippen molar-refractivity contribution in [2.24, 2.45) is 4.99 Å². The van der Waals surface area contributed by atoms with Gasteiger partial charge in [-0.25, -0.2) is 13.5 Å². The average molecular weight is 383 g/mol. The molecule has 146 valence electrons. The lowest BCUT2D eigenvalue weighted by Gasteiger charge is -2.12. The largest absolute Gasteiger partial charge is 0.356 e. The molecule has 2 aromatic carbocycles. The Morgan fingerprint density at radius 3 is 2.43 bits per heavy atom. The molecule has 1 heterocycles. The first-order valence-electron chi connectivity index (χ1n) is 9.13. The standard InChI is InChI=1S/C21H23F2N5/c1-24-21(26-13-10-17-5-6-18(22)15-20(17)23)25-12-9-16-3-7-19(8-4-16)28-14-2-11-27-28/h2-8,11,14-15H,9-10,12-13H2,1H3,(H2,24,25,26). The van der Waals surface area contributed by atoms with Crippen LogP contribution in [0.2, 0.25) is 0 Å². The molecule has 1 aromatic heterocycles. The fourth-order valence-electron chi connectivity index (χ4n) is 2.82. The Kier molecular flexibility index (Phi) is 6.73. The number of hydrogen-bond acceptors (Lipinski definition) is 2. The number of nitrogens with zero attached hydrogens (tertiary/aromatic N) is 3. The number of rotatable bonds is 7. The van der Waals surface area contributed by atoms with Crippen LogP contribution in [0.4, 0.5) is 8.78 Å². The summed E-state index contributed by atoms with van der Waals surface area (Å²) in [5.74, 6) is -0.441. The molecular weight excluding hydrogens is 360 g/mol. The van der Waals surface area contributed by atoms with E-state index in [1.54, 1.807) is 13.2 Å². The number of guanidine groups is 1. The molecule has 3 rings (SSSR count). The lowest BCUT2D eigenvalue weighted by atomic mass is 10.1. The van der Waals surface area contributed by atoms with Gasteiger partial charge in [-0.05, 0) is 48.2 Å². The van der Waals surface area contributed by atoms with E-state index in [1.165, 1.54) is 17.7 Å². The van der Waals surface area contributed by atoms with Crippen molar-refractivity contribution in [1.82, 2.24) is 20.4 Å². The van der Waals surface area contributed by atoms with E-state index in [4.69, 9.17) is 0 Å². The normalized spacial score (nSPS) is 11.5. The zero-order valence-corrected chi connectivity index (χ0v) is 15.7. The van der Waals surface area contributed by atoms with Gasteiger partial charge in [-0.1, -0.05) is 18.2 Å². The molecule has 3 aromatic rings. The van der Waals surface area contributed by atoms with E-state index in [0.717, 1.165) is 18.2 Å². The summed E-state index contributed by atoms with van der Waals surface area (Å²) < 4.78 is 28.4. The second-order valence-corrected chi connectivity index (χ2v) is 6.28. The highest BCUT2D eigenvalue weighted by molar-refractivity contribution is 5.79. The third-order valence-corrected chi connectivity index (χ3v) is 4.34. The highest BCUT2D eigenvalue weighted by Gasteiger charge is 2.04. The first-order valence-corrected chi connectivity index (χ1v) is 9.13. The quantitative estimate of drug-likeness (QED) is 0.487. The van der Waals surface area contributed by atoms with Crippen LogP contribution in [0.25, 0.3) is 5.69 Å². The van der Waals surface area contributed by atoms with Crippen LogP contribution in [-0.2, 0) is 12.8 Å². The predicted octanol–water partition coefficient (Wildman–Crippen LogP) is 3.10. The van der Waals surface area contributed by atoms with Gasteiger partial charge in [-0.15, -0.1) is 0 Å². The van der Waals surface area contributed by atoms with Gasteiger partial charge in [0.15, 0.2) is 5.96 Å². The van der Waals surface area contributed by atoms with Crippen LogP contribution < -0.4 is 10.6 Å². The lowest BCUT2D eigenvalue weighted by molar-refractivity contribution is 0.570. The summed E-state index contributed by atoms with van der Waals surface area (Å²) in [4.78, 5) is 4.16. The summed E-state index contributed by atoms with van der Waals surface area (Å²) in [6.45, 7) is 1.21. The van der Waals surface area contributed by atoms with E-state index < -0.39 is 11.6 Å². The molecule has 7 heteroatoms. The lowest BCUT2D eigenvalue weighted by Crippen LogP contribution is -2.39. The molecule has 0 radical (unpaired) electrons. The van der Waals surface area contributed by atoms with Gasteiger partial charge in [0.25, 0.3) is 0 Å². The van der Waals surface area contributed by atoms with E-state index in [1.807, 2.05) is 29.1 Å². The van der Waals surface area contributed by atoms with Crippen LogP contribution in [0.5, 0.6) is 0 Å². The second kappa shape index (κ2) is 9.64. The van der Waals surface area contributed by atoms with Crippen molar-refractivity contribution in [2.75, 3.05) is 20.1 Å². The maximum atomic E-state index is 13.6. The molecule has 0 spiro atoms. The van der Waals surface area contributed by atoms with Crippen LogP contribution in [-0.4, -0.2) is 35.9 Å². The molecule has 5 nitrogen and oxygen atoms in total. The van der Waals surface area contributed by atoms with Crippen molar-refractivity contribution in [1.29, 1.82) is 0 Å². The second-order valence-electron chi connectivity index (χ2n) is 6.28. The fourth-order valence-corrected chi connectivity index (χ4v) is 2.82. The van der Waals surface area contributed by atoms with E-state index in [-0.39, 0.29) is 0 Å². The van der Waals surface area contributed by atoms with Gasteiger partial charge < -0.3 is 10.6 Å². The Morgan fingerprint density at radius 2 is 1.79 bits per heavy atom. The molecule has 0 bridgehead atoms. The van der Waals surface area contributed by atoms with Gasteiger partial charge in [0, 0.05) is 38.6 Å². The molecule has 28 heavy (non-hydrogen) atoms. The van der Waals surface area contributed by atoms with Gasteiger partial charge in [-0.2, -0.15) is 5.10 Å². The van der Waals surface area contributed by atoms with Crippen LogP contribution in [0.3, 0.4) is 0 Å². The Balaban J connectivity index is 1.41. The van der Waals surface area contributed by atoms with E-state index in [0.29, 0.717) is 31.0 Å². The minimum absolute atomic E-state index is 0.446. The molecular formula is C21H23F2N5. The van der Waals surface area contributed by atoms with Gasteiger partial charge in [-0.3, -0.25) is 4.99 Å². The molecule has 0 aliphatic heterocycles. The van der Waals surface area contributed by atoms with Crippen LogP contribution in [0, 0.1) is 11.6 Å². The number of halogens is 2. The predicted molar refractivity (Wildman–Crippen MR) is 107 cm³/mol. The maximum absolute atomic E-state index is 13.6. The summed E-state index contributed by atoms with van der Waals surface area (Å²) in [6, 6.07) is 13.7. The fraction of sp³-hybridized carbons (Fsp3) is 0.238. The number of aromatic nitrogens is 2. The van der Waals surface area contributed by atoms with Crippen molar-refractivity contribution in [3.63, 3.8) is 0 Å². The third-order valence-electron chi connectivity index (χ3n) is 4.34. The minimum Gasteiger partial charge on any atom is -0.356 e.